The molecular formula is C25H24N2O2. The normalized spacial score (nSPS) is 10.7. The molecule has 0 aromatic heterocycles. The van der Waals surface area contributed by atoms with Crippen LogP contribution in [0.15, 0.2) is 84.9 Å². The zero-order chi connectivity index (χ0) is 20.6. The molecule has 0 saturated heterocycles. The lowest BCUT2D eigenvalue weighted by atomic mass is 10.1. The minimum atomic E-state index is -0.216. The summed E-state index contributed by atoms with van der Waals surface area (Å²) >= 11 is 0. The average molecular weight is 384 g/mol. The van der Waals surface area contributed by atoms with Crippen LogP contribution in [0, 0.1) is 6.92 Å². The van der Waals surface area contributed by atoms with Crippen LogP contribution in [-0.4, -0.2) is 18.9 Å². The SMILES string of the molecule is Cc1ccc(/C=C/C(=O)N(C)c2ccccc2C(=O)NCc2ccccc2)cc1. The van der Waals surface area contributed by atoms with Crippen molar-refractivity contribution in [3.8, 4) is 0 Å². The maximum Gasteiger partial charge on any atom is 0.253 e. The number of rotatable bonds is 6. The second kappa shape index (κ2) is 9.51. The van der Waals surface area contributed by atoms with E-state index in [0.29, 0.717) is 17.8 Å². The summed E-state index contributed by atoms with van der Waals surface area (Å²) in [6, 6.07) is 24.7. The van der Waals surface area contributed by atoms with Crippen molar-refractivity contribution >= 4 is 23.6 Å². The third-order valence-corrected chi connectivity index (χ3v) is 4.63. The Kier molecular flexibility index (Phi) is 6.59. The Morgan fingerprint density at radius 3 is 2.28 bits per heavy atom. The second-order valence-electron chi connectivity index (χ2n) is 6.83. The molecule has 0 radical (unpaired) electrons. The Bertz CT molecular complexity index is 1010. The Morgan fingerprint density at radius 1 is 0.897 bits per heavy atom. The number of nitrogens with one attached hydrogen (secondary N) is 1. The lowest BCUT2D eigenvalue weighted by Gasteiger charge is -2.19. The van der Waals surface area contributed by atoms with Crippen LogP contribution in [0.25, 0.3) is 6.08 Å². The first-order valence-corrected chi connectivity index (χ1v) is 9.48. The van der Waals surface area contributed by atoms with E-state index < -0.39 is 0 Å². The molecule has 0 aliphatic rings. The lowest BCUT2D eigenvalue weighted by molar-refractivity contribution is -0.113. The van der Waals surface area contributed by atoms with Crippen LogP contribution < -0.4 is 10.2 Å². The van der Waals surface area contributed by atoms with Crippen molar-refractivity contribution in [3.63, 3.8) is 0 Å². The van der Waals surface area contributed by atoms with Crippen LogP contribution in [0.5, 0.6) is 0 Å². The van der Waals surface area contributed by atoms with Gasteiger partial charge in [0.15, 0.2) is 0 Å². The Morgan fingerprint density at radius 2 is 1.55 bits per heavy atom. The molecule has 4 heteroatoms. The number of hydrogen-bond donors (Lipinski definition) is 1. The van der Waals surface area contributed by atoms with E-state index in [9.17, 15) is 9.59 Å². The molecule has 0 heterocycles. The van der Waals surface area contributed by atoms with Gasteiger partial charge in [-0.05, 0) is 36.3 Å². The molecule has 0 saturated carbocycles. The fourth-order valence-electron chi connectivity index (χ4n) is 2.91. The molecule has 1 N–H and O–H groups in total. The molecule has 0 fully saturated rings. The summed E-state index contributed by atoms with van der Waals surface area (Å²) in [5.74, 6) is -0.416. The maximum absolute atomic E-state index is 12.7. The predicted molar refractivity (Wildman–Crippen MR) is 118 cm³/mol. The number of likely N-dealkylation sites (N-methyl/N-ethyl adjacent to an activating group) is 1. The topological polar surface area (TPSA) is 49.4 Å². The largest absolute Gasteiger partial charge is 0.348 e. The second-order valence-corrected chi connectivity index (χ2v) is 6.83. The first-order valence-electron chi connectivity index (χ1n) is 9.48. The molecule has 0 bridgehead atoms. The number of amides is 2. The van der Waals surface area contributed by atoms with E-state index in [2.05, 4.69) is 5.32 Å². The molecule has 3 aromatic rings. The summed E-state index contributed by atoms with van der Waals surface area (Å²) in [4.78, 5) is 26.8. The number of anilines is 1. The summed E-state index contributed by atoms with van der Waals surface area (Å²) < 4.78 is 0. The third-order valence-electron chi connectivity index (χ3n) is 4.63. The maximum atomic E-state index is 12.7. The van der Waals surface area contributed by atoms with E-state index in [4.69, 9.17) is 0 Å². The van der Waals surface area contributed by atoms with Crippen molar-refractivity contribution in [1.82, 2.24) is 5.32 Å². The van der Waals surface area contributed by atoms with Gasteiger partial charge in [0, 0.05) is 19.7 Å². The zero-order valence-corrected chi connectivity index (χ0v) is 16.6. The molecule has 29 heavy (non-hydrogen) atoms. The molecular weight excluding hydrogens is 360 g/mol. The van der Waals surface area contributed by atoms with Crippen LogP contribution in [-0.2, 0) is 11.3 Å². The van der Waals surface area contributed by atoms with Crippen LogP contribution in [0.1, 0.15) is 27.0 Å². The van der Waals surface area contributed by atoms with Crippen molar-refractivity contribution in [2.45, 2.75) is 13.5 Å². The molecule has 0 atom stereocenters. The third kappa shape index (κ3) is 5.42. The first-order chi connectivity index (χ1) is 14.0. The minimum Gasteiger partial charge on any atom is -0.348 e. The number of nitrogens with zero attached hydrogens (tertiary/aromatic N) is 1. The van der Waals surface area contributed by atoms with Gasteiger partial charge in [-0.2, -0.15) is 0 Å². The van der Waals surface area contributed by atoms with Gasteiger partial charge in [0.25, 0.3) is 11.8 Å². The lowest BCUT2D eigenvalue weighted by Crippen LogP contribution is -2.29. The molecule has 0 spiro atoms. The number of carbonyl (C=O) groups is 2. The van der Waals surface area contributed by atoms with E-state index in [0.717, 1.165) is 11.1 Å². The van der Waals surface area contributed by atoms with Gasteiger partial charge >= 0.3 is 0 Å². The van der Waals surface area contributed by atoms with Gasteiger partial charge in [-0.25, -0.2) is 0 Å². The van der Waals surface area contributed by atoms with Crippen molar-refractivity contribution < 1.29 is 9.59 Å². The summed E-state index contributed by atoms with van der Waals surface area (Å²) in [5, 5.41) is 2.92. The van der Waals surface area contributed by atoms with Crippen molar-refractivity contribution in [1.29, 1.82) is 0 Å². The van der Waals surface area contributed by atoms with Crippen LogP contribution in [0.3, 0.4) is 0 Å². The van der Waals surface area contributed by atoms with Crippen molar-refractivity contribution in [3.05, 3.63) is 107 Å². The van der Waals surface area contributed by atoms with E-state index in [1.54, 1.807) is 31.3 Å². The number of para-hydroxylation sites is 1. The van der Waals surface area contributed by atoms with Gasteiger partial charge in [0.2, 0.25) is 0 Å². The standard InChI is InChI=1S/C25H24N2O2/c1-19-12-14-20(15-13-19)16-17-24(28)27(2)23-11-7-6-10-22(23)25(29)26-18-21-8-4-3-5-9-21/h3-17H,18H2,1-2H3,(H,26,29)/b17-16+. The number of benzene rings is 3. The molecule has 2 amide bonds. The van der Waals surface area contributed by atoms with Gasteiger partial charge < -0.3 is 10.2 Å². The highest BCUT2D eigenvalue weighted by molar-refractivity contribution is 6.08. The quantitative estimate of drug-likeness (QED) is 0.632. The summed E-state index contributed by atoms with van der Waals surface area (Å²) in [6.07, 6.45) is 3.29. The highest BCUT2D eigenvalue weighted by Gasteiger charge is 2.16. The zero-order valence-electron chi connectivity index (χ0n) is 16.6. The summed E-state index contributed by atoms with van der Waals surface area (Å²) in [7, 11) is 1.67. The van der Waals surface area contributed by atoms with E-state index in [-0.39, 0.29) is 11.8 Å². The Balaban J connectivity index is 1.71. The minimum absolute atomic E-state index is 0.200. The Hall–Kier alpha value is -3.66. The number of hydrogen-bond acceptors (Lipinski definition) is 2. The molecule has 0 unspecified atom stereocenters. The monoisotopic (exact) mass is 384 g/mol. The van der Waals surface area contributed by atoms with Gasteiger partial charge in [0.05, 0.1) is 11.3 Å². The highest BCUT2D eigenvalue weighted by Crippen LogP contribution is 2.20. The molecule has 3 aromatic carbocycles. The van der Waals surface area contributed by atoms with Crippen LogP contribution in [0.2, 0.25) is 0 Å². The van der Waals surface area contributed by atoms with Crippen LogP contribution in [0.4, 0.5) is 5.69 Å². The molecule has 0 aliphatic carbocycles. The summed E-state index contributed by atoms with van der Waals surface area (Å²) in [5.41, 5.74) is 4.16. The van der Waals surface area contributed by atoms with E-state index >= 15 is 0 Å². The Labute approximate surface area is 171 Å². The van der Waals surface area contributed by atoms with Crippen LogP contribution >= 0.6 is 0 Å². The van der Waals surface area contributed by atoms with Crippen molar-refractivity contribution in [2.24, 2.45) is 0 Å². The highest BCUT2D eigenvalue weighted by atomic mass is 16.2. The molecule has 0 aliphatic heterocycles. The van der Waals surface area contributed by atoms with Gasteiger partial charge in [-0.3, -0.25) is 9.59 Å². The fourth-order valence-corrected chi connectivity index (χ4v) is 2.91. The predicted octanol–water partition coefficient (Wildman–Crippen LogP) is 4.60. The smallest absolute Gasteiger partial charge is 0.253 e. The van der Waals surface area contributed by atoms with Gasteiger partial charge in [-0.1, -0.05) is 72.3 Å². The number of carbonyl (C=O) groups excluding carboxylic acids is 2. The van der Waals surface area contributed by atoms with E-state index in [1.165, 1.54) is 16.5 Å². The number of aryl methyl sites for hydroxylation is 1. The first kappa shape index (κ1) is 20.1. The van der Waals surface area contributed by atoms with E-state index in [1.807, 2.05) is 67.6 Å². The molecule has 146 valence electrons. The average Bonchev–Trinajstić information content (AvgIpc) is 2.77. The molecule has 4 nitrogen and oxygen atoms in total. The van der Waals surface area contributed by atoms with Gasteiger partial charge in [-0.15, -0.1) is 0 Å². The van der Waals surface area contributed by atoms with Gasteiger partial charge in [0.1, 0.15) is 0 Å². The fraction of sp³-hybridized carbons (Fsp3) is 0.120. The van der Waals surface area contributed by atoms with Crippen molar-refractivity contribution in [2.75, 3.05) is 11.9 Å². The summed E-state index contributed by atoms with van der Waals surface area (Å²) in [6.45, 7) is 2.45. The molecule has 3 rings (SSSR count).